The smallest absolute Gasteiger partial charge is 0.321 e. The Morgan fingerprint density at radius 3 is 2.45 bits per heavy atom. The largest absolute Gasteiger partial charge is 0.375 e. The Bertz CT molecular complexity index is 521. The molecule has 120 valence electrons. The molecule has 1 fully saturated rings. The van der Waals surface area contributed by atoms with Crippen LogP contribution >= 0.6 is 11.6 Å². The van der Waals surface area contributed by atoms with Crippen molar-refractivity contribution in [2.75, 3.05) is 45.2 Å². The van der Waals surface area contributed by atoms with Crippen LogP contribution in [0.4, 0.5) is 10.5 Å². The van der Waals surface area contributed by atoms with Crippen LogP contribution in [0.15, 0.2) is 24.3 Å². The zero-order chi connectivity index (χ0) is 15.9. The molecule has 1 aliphatic rings. The summed E-state index contributed by atoms with van der Waals surface area (Å²) in [5.41, 5.74) is 0.700. The molecule has 2 rings (SSSR count). The van der Waals surface area contributed by atoms with Crippen molar-refractivity contribution < 1.29 is 14.3 Å². The van der Waals surface area contributed by atoms with Gasteiger partial charge in [-0.2, -0.15) is 0 Å². The molecule has 1 saturated heterocycles. The molecule has 1 heterocycles. The van der Waals surface area contributed by atoms with E-state index in [9.17, 15) is 9.59 Å². The molecule has 0 aromatic heterocycles. The Kier molecular flexibility index (Phi) is 6.03. The van der Waals surface area contributed by atoms with Gasteiger partial charge in [0.05, 0.1) is 0 Å². The fourth-order valence-corrected chi connectivity index (χ4v) is 2.45. The third-order valence-corrected chi connectivity index (χ3v) is 3.75. The minimum absolute atomic E-state index is 0.0394. The number of amides is 3. The number of hydrogen-bond donors (Lipinski definition) is 1. The molecule has 0 unspecified atom stereocenters. The van der Waals surface area contributed by atoms with Gasteiger partial charge in [0.1, 0.15) is 6.61 Å². The lowest BCUT2D eigenvalue weighted by Crippen LogP contribution is -2.40. The molecule has 6 nitrogen and oxygen atoms in total. The van der Waals surface area contributed by atoms with Crippen molar-refractivity contribution in [2.24, 2.45) is 0 Å². The van der Waals surface area contributed by atoms with Crippen LogP contribution in [0.5, 0.6) is 0 Å². The van der Waals surface area contributed by atoms with Crippen molar-refractivity contribution in [3.63, 3.8) is 0 Å². The van der Waals surface area contributed by atoms with Crippen molar-refractivity contribution in [3.05, 3.63) is 29.3 Å². The Balaban J connectivity index is 1.88. The van der Waals surface area contributed by atoms with Gasteiger partial charge in [-0.05, 0) is 30.7 Å². The topological polar surface area (TPSA) is 61.9 Å². The average molecular weight is 326 g/mol. The minimum atomic E-state index is -0.164. The Morgan fingerprint density at radius 1 is 1.14 bits per heavy atom. The van der Waals surface area contributed by atoms with Crippen molar-refractivity contribution >= 4 is 29.2 Å². The molecule has 22 heavy (non-hydrogen) atoms. The van der Waals surface area contributed by atoms with Gasteiger partial charge in [-0.1, -0.05) is 11.6 Å². The van der Waals surface area contributed by atoms with E-state index in [1.165, 1.54) is 7.11 Å². The number of hydrogen-bond acceptors (Lipinski definition) is 3. The molecule has 0 atom stereocenters. The Labute approximate surface area is 135 Å². The first-order chi connectivity index (χ1) is 10.6. The highest BCUT2D eigenvalue weighted by molar-refractivity contribution is 6.30. The third kappa shape index (κ3) is 4.61. The maximum atomic E-state index is 12.3. The van der Waals surface area contributed by atoms with Gasteiger partial charge in [0.2, 0.25) is 5.91 Å². The molecular formula is C15H20ClN3O3. The van der Waals surface area contributed by atoms with E-state index in [2.05, 4.69) is 5.32 Å². The fourth-order valence-electron chi connectivity index (χ4n) is 2.32. The molecule has 0 spiro atoms. The van der Waals surface area contributed by atoms with E-state index in [-0.39, 0.29) is 18.5 Å². The lowest BCUT2D eigenvalue weighted by Gasteiger charge is -2.22. The number of methoxy groups -OCH3 is 1. The van der Waals surface area contributed by atoms with E-state index in [0.29, 0.717) is 36.9 Å². The van der Waals surface area contributed by atoms with Gasteiger partial charge in [-0.3, -0.25) is 4.79 Å². The van der Waals surface area contributed by atoms with Gasteiger partial charge in [0.15, 0.2) is 0 Å². The van der Waals surface area contributed by atoms with Crippen molar-refractivity contribution in [3.8, 4) is 0 Å². The normalized spacial score (nSPS) is 15.4. The van der Waals surface area contributed by atoms with E-state index in [0.717, 1.165) is 6.42 Å². The maximum Gasteiger partial charge on any atom is 0.321 e. The highest BCUT2D eigenvalue weighted by Gasteiger charge is 2.21. The van der Waals surface area contributed by atoms with E-state index < -0.39 is 0 Å². The molecule has 0 aliphatic carbocycles. The number of carbonyl (C=O) groups is 2. The number of carbonyl (C=O) groups excluding carboxylic acids is 2. The molecule has 0 radical (unpaired) electrons. The molecule has 0 saturated carbocycles. The van der Waals surface area contributed by atoms with Gasteiger partial charge in [-0.15, -0.1) is 0 Å². The predicted octanol–water partition coefficient (Wildman–Crippen LogP) is 2.05. The van der Waals surface area contributed by atoms with E-state index in [1.807, 2.05) is 0 Å². The summed E-state index contributed by atoms with van der Waals surface area (Å²) in [7, 11) is 1.50. The van der Waals surface area contributed by atoms with Crippen LogP contribution in [0.25, 0.3) is 0 Å². The molecule has 3 amide bonds. The highest BCUT2D eigenvalue weighted by Crippen LogP contribution is 2.14. The SMILES string of the molecule is COCC(=O)N1CCCN(C(=O)Nc2ccc(Cl)cc2)CC1. The van der Waals surface area contributed by atoms with Crippen LogP contribution in [-0.2, 0) is 9.53 Å². The van der Waals surface area contributed by atoms with Crippen LogP contribution in [0.1, 0.15) is 6.42 Å². The summed E-state index contributed by atoms with van der Waals surface area (Å²) >= 11 is 5.82. The number of anilines is 1. The van der Waals surface area contributed by atoms with Crippen LogP contribution in [0.2, 0.25) is 5.02 Å². The van der Waals surface area contributed by atoms with E-state index in [4.69, 9.17) is 16.3 Å². The molecule has 0 bridgehead atoms. The van der Waals surface area contributed by atoms with Gasteiger partial charge in [0.25, 0.3) is 0 Å². The predicted molar refractivity (Wildman–Crippen MR) is 85.1 cm³/mol. The van der Waals surface area contributed by atoms with Gasteiger partial charge in [-0.25, -0.2) is 4.79 Å². The van der Waals surface area contributed by atoms with Gasteiger partial charge in [0, 0.05) is 44.0 Å². The average Bonchev–Trinajstić information content (AvgIpc) is 2.76. The molecule has 1 aromatic carbocycles. The second-order valence-electron chi connectivity index (χ2n) is 5.09. The summed E-state index contributed by atoms with van der Waals surface area (Å²) in [4.78, 5) is 27.5. The zero-order valence-corrected chi connectivity index (χ0v) is 13.3. The van der Waals surface area contributed by atoms with Crippen molar-refractivity contribution in [1.82, 2.24) is 9.80 Å². The number of halogens is 1. The fraction of sp³-hybridized carbons (Fsp3) is 0.467. The summed E-state index contributed by atoms with van der Waals surface area (Å²) in [5.74, 6) is -0.0394. The summed E-state index contributed by atoms with van der Waals surface area (Å²) in [5, 5.41) is 3.46. The van der Waals surface area contributed by atoms with Crippen LogP contribution in [0, 0.1) is 0 Å². The lowest BCUT2D eigenvalue weighted by atomic mass is 10.3. The highest BCUT2D eigenvalue weighted by atomic mass is 35.5. The number of nitrogens with one attached hydrogen (secondary N) is 1. The molecular weight excluding hydrogens is 306 g/mol. The summed E-state index contributed by atoms with van der Waals surface area (Å²) < 4.78 is 4.87. The van der Waals surface area contributed by atoms with Crippen LogP contribution < -0.4 is 5.32 Å². The number of urea groups is 1. The minimum Gasteiger partial charge on any atom is -0.375 e. The number of ether oxygens (including phenoxy) is 1. The first kappa shape index (κ1) is 16.6. The molecule has 1 aliphatic heterocycles. The van der Waals surface area contributed by atoms with Crippen molar-refractivity contribution in [2.45, 2.75) is 6.42 Å². The van der Waals surface area contributed by atoms with Gasteiger partial charge >= 0.3 is 6.03 Å². The number of benzene rings is 1. The quantitative estimate of drug-likeness (QED) is 0.925. The molecule has 1 aromatic rings. The third-order valence-electron chi connectivity index (χ3n) is 3.50. The van der Waals surface area contributed by atoms with Crippen LogP contribution in [0.3, 0.4) is 0 Å². The van der Waals surface area contributed by atoms with E-state index in [1.54, 1.807) is 34.1 Å². The summed E-state index contributed by atoms with van der Waals surface area (Å²) in [6.07, 6.45) is 0.753. The second-order valence-corrected chi connectivity index (χ2v) is 5.53. The lowest BCUT2D eigenvalue weighted by molar-refractivity contribution is -0.134. The Morgan fingerprint density at radius 2 is 1.77 bits per heavy atom. The van der Waals surface area contributed by atoms with Crippen molar-refractivity contribution in [1.29, 1.82) is 0 Å². The summed E-state index contributed by atoms with van der Waals surface area (Å²) in [6.45, 7) is 2.38. The molecule has 7 heteroatoms. The Hall–Kier alpha value is -1.79. The monoisotopic (exact) mass is 325 g/mol. The van der Waals surface area contributed by atoms with E-state index >= 15 is 0 Å². The maximum absolute atomic E-state index is 12.3. The van der Waals surface area contributed by atoms with Crippen LogP contribution in [-0.4, -0.2) is 61.6 Å². The first-order valence-electron chi connectivity index (χ1n) is 7.18. The standard InChI is InChI=1S/C15H20ClN3O3/c1-22-11-14(20)18-7-2-8-19(10-9-18)15(21)17-13-5-3-12(16)4-6-13/h3-6H,2,7-11H2,1H3,(H,17,21). The molecule has 1 N–H and O–H groups in total. The zero-order valence-electron chi connectivity index (χ0n) is 12.5. The number of nitrogens with zero attached hydrogens (tertiary/aromatic N) is 2. The second kappa shape index (κ2) is 8.00. The van der Waals surface area contributed by atoms with Gasteiger partial charge < -0.3 is 19.9 Å². The summed E-state index contributed by atoms with van der Waals surface area (Å²) in [6, 6.07) is 6.80. The first-order valence-corrected chi connectivity index (χ1v) is 7.56. The number of rotatable bonds is 3.